The minimum atomic E-state index is -0.258. The molecule has 0 bridgehead atoms. The van der Waals surface area contributed by atoms with Crippen LogP contribution in [0.2, 0.25) is 0 Å². The van der Waals surface area contributed by atoms with E-state index in [0.29, 0.717) is 12.1 Å². The number of tetrazole rings is 1. The maximum atomic E-state index is 14.0. The number of benzene rings is 2. The van der Waals surface area contributed by atoms with Gasteiger partial charge in [-0.05, 0) is 16.5 Å². The van der Waals surface area contributed by atoms with E-state index in [2.05, 4.69) is 31.0 Å². The molecule has 154 valence electrons. The molecule has 0 atom stereocenters. The molecule has 0 aliphatic heterocycles. The molecule has 4 rings (SSSR count). The van der Waals surface area contributed by atoms with Crippen molar-refractivity contribution in [2.75, 3.05) is 12.3 Å². The number of rotatable bonds is 9. The molecule has 0 saturated heterocycles. The zero-order valence-electron chi connectivity index (χ0n) is 16.4. The van der Waals surface area contributed by atoms with Crippen LogP contribution in [0.5, 0.6) is 0 Å². The van der Waals surface area contributed by atoms with E-state index in [1.165, 1.54) is 6.07 Å². The predicted octanol–water partition coefficient (Wildman–Crippen LogP) is 2.54. The molecule has 0 saturated carbocycles. The SMILES string of the molecule is Cn1nnnc1SCCNCc1nn(Cc2ccccc2F)nc1-c1ccccc1. The molecule has 30 heavy (non-hydrogen) atoms. The van der Waals surface area contributed by atoms with Crippen molar-refractivity contribution < 1.29 is 4.39 Å². The lowest BCUT2D eigenvalue weighted by atomic mass is 10.1. The van der Waals surface area contributed by atoms with Crippen LogP contribution in [-0.4, -0.2) is 47.5 Å². The van der Waals surface area contributed by atoms with Gasteiger partial charge in [0.1, 0.15) is 17.2 Å². The number of hydrogen-bond acceptors (Lipinski definition) is 7. The van der Waals surface area contributed by atoms with Gasteiger partial charge in [-0.2, -0.15) is 15.0 Å². The Morgan fingerprint density at radius 1 is 1.03 bits per heavy atom. The van der Waals surface area contributed by atoms with Crippen molar-refractivity contribution in [2.24, 2.45) is 7.05 Å². The Morgan fingerprint density at radius 3 is 2.60 bits per heavy atom. The van der Waals surface area contributed by atoms with Gasteiger partial charge in [0.25, 0.3) is 0 Å². The van der Waals surface area contributed by atoms with Gasteiger partial charge < -0.3 is 5.32 Å². The van der Waals surface area contributed by atoms with Crippen LogP contribution < -0.4 is 5.32 Å². The lowest BCUT2D eigenvalue weighted by Gasteiger charge is -2.04. The van der Waals surface area contributed by atoms with Crippen molar-refractivity contribution in [3.63, 3.8) is 0 Å². The molecular weight excluding hydrogens is 403 g/mol. The van der Waals surface area contributed by atoms with E-state index in [9.17, 15) is 4.39 Å². The number of hydrogen-bond donors (Lipinski definition) is 1. The minimum absolute atomic E-state index is 0.258. The summed E-state index contributed by atoms with van der Waals surface area (Å²) >= 11 is 1.58. The number of aromatic nitrogens is 7. The Hall–Kier alpha value is -3.11. The van der Waals surface area contributed by atoms with Gasteiger partial charge in [-0.25, -0.2) is 9.07 Å². The molecule has 4 aromatic rings. The first-order valence-corrected chi connectivity index (χ1v) is 10.5. The maximum Gasteiger partial charge on any atom is 0.209 e. The Morgan fingerprint density at radius 2 is 1.83 bits per heavy atom. The van der Waals surface area contributed by atoms with Crippen molar-refractivity contribution in [1.29, 1.82) is 0 Å². The highest BCUT2D eigenvalue weighted by atomic mass is 32.2. The van der Waals surface area contributed by atoms with Crippen LogP contribution in [-0.2, 0) is 20.1 Å². The van der Waals surface area contributed by atoms with Gasteiger partial charge in [0.05, 0.1) is 6.54 Å². The predicted molar refractivity (Wildman–Crippen MR) is 112 cm³/mol. The zero-order valence-corrected chi connectivity index (χ0v) is 17.3. The van der Waals surface area contributed by atoms with E-state index < -0.39 is 0 Å². The molecule has 1 N–H and O–H groups in total. The van der Waals surface area contributed by atoms with Crippen LogP contribution in [0.4, 0.5) is 4.39 Å². The third kappa shape index (κ3) is 4.89. The molecule has 0 aliphatic carbocycles. The van der Waals surface area contributed by atoms with E-state index in [1.807, 2.05) is 43.4 Å². The third-order valence-electron chi connectivity index (χ3n) is 4.43. The van der Waals surface area contributed by atoms with Crippen molar-refractivity contribution in [2.45, 2.75) is 18.2 Å². The van der Waals surface area contributed by atoms with Gasteiger partial charge in [0.15, 0.2) is 0 Å². The molecule has 0 radical (unpaired) electrons. The fourth-order valence-electron chi connectivity index (χ4n) is 2.94. The highest BCUT2D eigenvalue weighted by Gasteiger charge is 2.14. The first-order chi connectivity index (χ1) is 14.7. The second kappa shape index (κ2) is 9.59. The molecule has 0 aliphatic rings. The third-order valence-corrected chi connectivity index (χ3v) is 5.44. The summed E-state index contributed by atoms with van der Waals surface area (Å²) in [4.78, 5) is 1.55. The Labute approximate surface area is 177 Å². The summed E-state index contributed by atoms with van der Waals surface area (Å²) in [7, 11) is 1.82. The summed E-state index contributed by atoms with van der Waals surface area (Å²) < 4.78 is 15.7. The van der Waals surface area contributed by atoms with E-state index in [1.54, 1.807) is 33.4 Å². The largest absolute Gasteiger partial charge is 0.310 e. The van der Waals surface area contributed by atoms with Gasteiger partial charge in [0.2, 0.25) is 5.16 Å². The zero-order chi connectivity index (χ0) is 20.8. The van der Waals surface area contributed by atoms with Gasteiger partial charge in [-0.3, -0.25) is 0 Å². The van der Waals surface area contributed by atoms with E-state index in [-0.39, 0.29) is 12.4 Å². The number of aryl methyl sites for hydroxylation is 1. The topological polar surface area (TPSA) is 86.3 Å². The standard InChI is InChI=1S/C20H21FN8S/c1-28-20(23-26-27-28)30-12-11-22-13-18-19(15-7-3-2-4-8-15)25-29(24-18)14-16-9-5-6-10-17(16)21/h2-10,22H,11-14H2,1H3. The minimum Gasteiger partial charge on any atom is -0.310 e. The van der Waals surface area contributed by atoms with Gasteiger partial charge in [-0.1, -0.05) is 60.3 Å². The van der Waals surface area contributed by atoms with Crippen LogP contribution in [0.3, 0.4) is 0 Å². The summed E-state index contributed by atoms with van der Waals surface area (Å²) in [6.45, 7) is 1.59. The maximum absolute atomic E-state index is 14.0. The smallest absolute Gasteiger partial charge is 0.209 e. The summed E-state index contributed by atoms with van der Waals surface area (Å²) in [5.74, 6) is 0.559. The molecule has 0 unspecified atom stereocenters. The molecular formula is C20H21FN8S. The van der Waals surface area contributed by atoms with Crippen LogP contribution in [0, 0.1) is 5.82 Å². The summed E-state index contributed by atoms with van der Waals surface area (Å²) in [6, 6.07) is 16.6. The first-order valence-electron chi connectivity index (χ1n) is 9.49. The normalized spacial score (nSPS) is 11.1. The van der Waals surface area contributed by atoms with Crippen LogP contribution in [0.25, 0.3) is 11.3 Å². The quantitative estimate of drug-likeness (QED) is 0.326. The first kappa shape index (κ1) is 20.2. The molecule has 2 aromatic carbocycles. The number of nitrogens with zero attached hydrogens (tertiary/aromatic N) is 7. The molecule has 0 amide bonds. The van der Waals surface area contributed by atoms with Gasteiger partial charge in [-0.15, -0.1) is 5.10 Å². The second-order valence-electron chi connectivity index (χ2n) is 6.59. The molecule has 2 aromatic heterocycles. The second-order valence-corrected chi connectivity index (χ2v) is 7.66. The highest BCUT2D eigenvalue weighted by Crippen LogP contribution is 2.21. The van der Waals surface area contributed by atoms with E-state index in [0.717, 1.165) is 34.4 Å². The monoisotopic (exact) mass is 424 g/mol. The number of thioether (sulfide) groups is 1. The van der Waals surface area contributed by atoms with E-state index >= 15 is 0 Å². The van der Waals surface area contributed by atoms with E-state index in [4.69, 9.17) is 0 Å². The van der Waals surface area contributed by atoms with Crippen molar-refractivity contribution >= 4 is 11.8 Å². The van der Waals surface area contributed by atoms with Crippen molar-refractivity contribution in [3.05, 3.63) is 71.7 Å². The fourth-order valence-corrected chi connectivity index (χ4v) is 3.68. The van der Waals surface area contributed by atoms with Gasteiger partial charge >= 0.3 is 0 Å². The molecule has 0 spiro atoms. The molecule has 10 heteroatoms. The average molecular weight is 425 g/mol. The molecule has 0 fully saturated rings. The van der Waals surface area contributed by atoms with Crippen LogP contribution in [0.1, 0.15) is 11.3 Å². The van der Waals surface area contributed by atoms with Crippen molar-refractivity contribution in [3.8, 4) is 11.3 Å². The summed E-state index contributed by atoms with van der Waals surface area (Å²) in [6.07, 6.45) is 0. The highest BCUT2D eigenvalue weighted by molar-refractivity contribution is 7.99. The summed E-state index contributed by atoms with van der Waals surface area (Å²) in [5.41, 5.74) is 3.15. The van der Waals surface area contributed by atoms with Crippen LogP contribution in [0.15, 0.2) is 59.8 Å². The van der Waals surface area contributed by atoms with Crippen LogP contribution >= 0.6 is 11.8 Å². The Bertz CT molecular complexity index is 1100. The fraction of sp³-hybridized carbons (Fsp3) is 0.250. The average Bonchev–Trinajstić information content (AvgIpc) is 3.36. The summed E-state index contributed by atoms with van der Waals surface area (Å²) in [5, 5.41) is 24.8. The number of halogens is 1. The molecule has 8 nitrogen and oxygen atoms in total. The number of nitrogens with one attached hydrogen (secondary N) is 1. The molecule has 2 heterocycles. The van der Waals surface area contributed by atoms with Crippen molar-refractivity contribution in [1.82, 2.24) is 40.5 Å². The lowest BCUT2D eigenvalue weighted by molar-refractivity contribution is 0.544. The Kier molecular flexibility index (Phi) is 6.45. The Balaban J connectivity index is 1.44. The van der Waals surface area contributed by atoms with Gasteiger partial charge in [0, 0.05) is 37.0 Å². The lowest BCUT2D eigenvalue weighted by Crippen LogP contribution is -2.18.